The van der Waals surface area contributed by atoms with Gasteiger partial charge in [0.05, 0.1) is 0 Å². The van der Waals surface area contributed by atoms with Crippen molar-refractivity contribution in [1.29, 1.82) is 0 Å². The van der Waals surface area contributed by atoms with Gasteiger partial charge in [-0.05, 0) is 44.9 Å². The maximum atomic E-state index is 12.9. The van der Waals surface area contributed by atoms with Crippen molar-refractivity contribution < 1.29 is 28.6 Å². The molecule has 468 valence electrons. The fourth-order valence-corrected chi connectivity index (χ4v) is 11.3. The van der Waals surface area contributed by atoms with Gasteiger partial charge in [0, 0.05) is 19.3 Å². The average molecular weight is 1110 g/mol. The molecule has 0 bridgehead atoms. The Hall–Kier alpha value is -1.85. The molecule has 6 heteroatoms. The average Bonchev–Trinajstić information content (AvgIpc) is 3.45. The highest BCUT2D eigenvalue weighted by Gasteiger charge is 2.19. The van der Waals surface area contributed by atoms with Crippen molar-refractivity contribution in [3.63, 3.8) is 0 Å². The molecule has 0 spiro atoms. The van der Waals surface area contributed by atoms with E-state index in [0.29, 0.717) is 19.3 Å². The lowest BCUT2D eigenvalue weighted by atomic mass is 10.0. The molecule has 0 saturated heterocycles. The Morgan fingerprint density at radius 1 is 0.241 bits per heavy atom. The topological polar surface area (TPSA) is 78.9 Å². The molecule has 0 aliphatic carbocycles. The van der Waals surface area contributed by atoms with E-state index in [1.54, 1.807) is 0 Å². The molecule has 1 unspecified atom stereocenters. The lowest BCUT2D eigenvalue weighted by Gasteiger charge is -2.18. The lowest BCUT2D eigenvalue weighted by Crippen LogP contribution is -2.30. The fourth-order valence-electron chi connectivity index (χ4n) is 11.3. The first-order valence-electron chi connectivity index (χ1n) is 36.2. The molecule has 0 aromatic carbocycles. The molecule has 0 aliphatic heterocycles. The monoisotopic (exact) mass is 1110 g/mol. The Labute approximate surface area is 494 Å². The largest absolute Gasteiger partial charge is 0.462 e. The van der Waals surface area contributed by atoms with Crippen LogP contribution in [0.4, 0.5) is 0 Å². The van der Waals surface area contributed by atoms with Gasteiger partial charge in [-0.15, -0.1) is 0 Å². The van der Waals surface area contributed by atoms with Crippen LogP contribution in [0.25, 0.3) is 0 Å². The van der Waals surface area contributed by atoms with Crippen LogP contribution in [-0.4, -0.2) is 37.2 Å². The molecule has 0 heterocycles. The van der Waals surface area contributed by atoms with Crippen LogP contribution in [0.15, 0.2) is 12.2 Å². The van der Waals surface area contributed by atoms with Crippen LogP contribution in [0.1, 0.15) is 419 Å². The molecule has 0 aromatic heterocycles. The molecule has 0 aromatic rings. The van der Waals surface area contributed by atoms with E-state index in [1.807, 2.05) is 0 Å². The third-order valence-electron chi connectivity index (χ3n) is 16.8. The van der Waals surface area contributed by atoms with Crippen LogP contribution in [0, 0.1) is 0 Å². The number of unbranched alkanes of at least 4 members (excludes halogenated alkanes) is 55. The third kappa shape index (κ3) is 66.8. The molecule has 79 heavy (non-hydrogen) atoms. The van der Waals surface area contributed by atoms with Gasteiger partial charge in [-0.25, -0.2) is 0 Å². The molecule has 0 radical (unpaired) electrons. The Bertz CT molecular complexity index is 1230. The summed E-state index contributed by atoms with van der Waals surface area (Å²) in [5.74, 6) is -0.839. The number of esters is 3. The summed E-state index contributed by atoms with van der Waals surface area (Å²) in [7, 11) is 0. The van der Waals surface area contributed by atoms with E-state index in [9.17, 15) is 14.4 Å². The number of carbonyl (C=O) groups excluding carboxylic acids is 3. The van der Waals surface area contributed by atoms with E-state index < -0.39 is 6.10 Å². The van der Waals surface area contributed by atoms with Crippen LogP contribution in [-0.2, 0) is 28.6 Å². The van der Waals surface area contributed by atoms with Gasteiger partial charge in [0.25, 0.3) is 0 Å². The van der Waals surface area contributed by atoms with E-state index in [0.717, 1.165) is 64.2 Å². The van der Waals surface area contributed by atoms with Crippen LogP contribution in [0.2, 0.25) is 0 Å². The number of hydrogen-bond donors (Lipinski definition) is 0. The predicted molar refractivity (Wildman–Crippen MR) is 344 cm³/mol. The number of ether oxygens (including phenoxy) is 3. The molecular formula is C73H140O6. The highest BCUT2D eigenvalue weighted by atomic mass is 16.6. The number of hydrogen-bond acceptors (Lipinski definition) is 6. The van der Waals surface area contributed by atoms with Gasteiger partial charge < -0.3 is 14.2 Å². The second-order valence-electron chi connectivity index (χ2n) is 24.9. The second kappa shape index (κ2) is 68.6. The normalized spacial score (nSPS) is 12.0. The highest BCUT2D eigenvalue weighted by Crippen LogP contribution is 2.19. The minimum atomic E-state index is -0.770. The van der Waals surface area contributed by atoms with Crippen molar-refractivity contribution in [3.8, 4) is 0 Å². The molecule has 0 fully saturated rings. The zero-order chi connectivity index (χ0) is 57.1. The van der Waals surface area contributed by atoms with Crippen molar-refractivity contribution in [2.75, 3.05) is 13.2 Å². The summed E-state index contributed by atoms with van der Waals surface area (Å²) in [6, 6.07) is 0. The van der Waals surface area contributed by atoms with Crippen LogP contribution in [0.5, 0.6) is 0 Å². The minimum Gasteiger partial charge on any atom is -0.462 e. The van der Waals surface area contributed by atoms with Crippen molar-refractivity contribution in [2.24, 2.45) is 0 Å². The minimum absolute atomic E-state index is 0.0656. The third-order valence-corrected chi connectivity index (χ3v) is 16.8. The zero-order valence-electron chi connectivity index (χ0n) is 53.9. The molecule has 0 N–H and O–H groups in total. The fraction of sp³-hybridized carbons (Fsp3) is 0.932. The van der Waals surface area contributed by atoms with Gasteiger partial charge in [0.2, 0.25) is 0 Å². The SMILES string of the molecule is CCCCCC/C=C\CCCCCCCC(=O)OCC(COC(=O)CCCCCCCCCCCCCCCCCCCCCCCCCCCCCC)OC(=O)CCCCCCCCCCCCCCCCCCCCCC. The van der Waals surface area contributed by atoms with E-state index in [-0.39, 0.29) is 31.1 Å². The van der Waals surface area contributed by atoms with E-state index >= 15 is 0 Å². The summed E-state index contributed by atoms with van der Waals surface area (Å²) in [6.07, 6.45) is 82.6. The lowest BCUT2D eigenvalue weighted by molar-refractivity contribution is -0.167. The van der Waals surface area contributed by atoms with E-state index in [4.69, 9.17) is 14.2 Å². The summed E-state index contributed by atoms with van der Waals surface area (Å²) in [5, 5.41) is 0. The van der Waals surface area contributed by atoms with Gasteiger partial charge in [-0.1, -0.05) is 367 Å². The molecule has 0 amide bonds. The van der Waals surface area contributed by atoms with Gasteiger partial charge in [0.1, 0.15) is 13.2 Å². The molecule has 6 nitrogen and oxygen atoms in total. The standard InChI is InChI=1S/C73H140O6/c1-4-7-10-13-16-19-22-25-27-29-31-33-34-35-36-37-38-39-40-42-43-45-48-51-54-57-60-63-66-72(75)78-69-70(68-77-71(74)65-62-59-56-53-50-47-24-21-18-15-12-9-6-3)79-73(76)67-64-61-58-55-52-49-46-44-41-32-30-28-26-23-20-17-14-11-8-5-2/h21,24,70H,4-20,22-23,25-69H2,1-3H3/b24-21-. The maximum Gasteiger partial charge on any atom is 0.306 e. The van der Waals surface area contributed by atoms with Crippen molar-refractivity contribution in [1.82, 2.24) is 0 Å². The van der Waals surface area contributed by atoms with Crippen molar-refractivity contribution in [3.05, 3.63) is 12.2 Å². The van der Waals surface area contributed by atoms with Gasteiger partial charge in [-0.3, -0.25) is 14.4 Å². The van der Waals surface area contributed by atoms with E-state index in [1.165, 1.54) is 315 Å². The first-order chi connectivity index (χ1) is 39.0. The highest BCUT2D eigenvalue weighted by molar-refractivity contribution is 5.71. The van der Waals surface area contributed by atoms with Gasteiger partial charge in [0.15, 0.2) is 6.10 Å². The van der Waals surface area contributed by atoms with Gasteiger partial charge >= 0.3 is 17.9 Å². The van der Waals surface area contributed by atoms with Gasteiger partial charge in [-0.2, -0.15) is 0 Å². The summed E-state index contributed by atoms with van der Waals surface area (Å²) in [5.41, 5.74) is 0. The van der Waals surface area contributed by atoms with Crippen LogP contribution < -0.4 is 0 Å². The molecule has 1 atom stereocenters. The van der Waals surface area contributed by atoms with Crippen LogP contribution in [0.3, 0.4) is 0 Å². The smallest absolute Gasteiger partial charge is 0.306 e. The summed E-state index contributed by atoms with van der Waals surface area (Å²) in [4.78, 5) is 38.4. The van der Waals surface area contributed by atoms with E-state index in [2.05, 4.69) is 32.9 Å². The Kier molecular flexibility index (Phi) is 67.0. The Morgan fingerprint density at radius 3 is 0.646 bits per heavy atom. The molecule has 0 aliphatic rings. The summed E-state index contributed by atoms with van der Waals surface area (Å²) >= 11 is 0. The first-order valence-corrected chi connectivity index (χ1v) is 36.2. The molecule has 0 saturated carbocycles. The van der Waals surface area contributed by atoms with Crippen LogP contribution >= 0.6 is 0 Å². The number of rotatable bonds is 68. The van der Waals surface area contributed by atoms with Crippen molar-refractivity contribution in [2.45, 2.75) is 425 Å². The first kappa shape index (κ1) is 77.2. The Balaban J connectivity index is 4.16. The summed E-state index contributed by atoms with van der Waals surface area (Å²) in [6.45, 7) is 6.71. The molecular weight excluding hydrogens is 973 g/mol. The van der Waals surface area contributed by atoms with Crippen molar-refractivity contribution >= 4 is 17.9 Å². The number of allylic oxidation sites excluding steroid dienone is 2. The second-order valence-corrected chi connectivity index (χ2v) is 24.9. The zero-order valence-corrected chi connectivity index (χ0v) is 53.9. The quantitative estimate of drug-likeness (QED) is 0.0261. The molecule has 0 rings (SSSR count). The maximum absolute atomic E-state index is 12.9. The predicted octanol–water partition coefficient (Wildman–Crippen LogP) is 24.8. The summed E-state index contributed by atoms with van der Waals surface area (Å²) < 4.78 is 17.0. The Morgan fingerprint density at radius 2 is 0.418 bits per heavy atom. The number of carbonyl (C=O) groups is 3.